The number of nitrogens with two attached hydrogens (primary N) is 1. The van der Waals surface area contributed by atoms with Crippen LogP contribution in [0.1, 0.15) is 31.5 Å². The van der Waals surface area contributed by atoms with Crippen LogP contribution in [-0.4, -0.2) is 29.8 Å². The standard InChI is InChI=1S/C13H21N3O/c1-10(14)13-5-4-12(7-15-13)16-6-2-3-11(8-16)9-17/h4-5,7,10-11,17H,2-3,6,8-9,14H2,1H3. The summed E-state index contributed by atoms with van der Waals surface area (Å²) in [6.07, 6.45) is 4.15. The summed E-state index contributed by atoms with van der Waals surface area (Å²) in [5.74, 6) is 0.400. The first-order valence-electron chi connectivity index (χ1n) is 6.28. The third-order valence-electron chi connectivity index (χ3n) is 3.38. The molecule has 1 saturated heterocycles. The van der Waals surface area contributed by atoms with Gasteiger partial charge in [0.15, 0.2) is 0 Å². The summed E-state index contributed by atoms with van der Waals surface area (Å²) in [4.78, 5) is 6.67. The Kier molecular flexibility index (Phi) is 3.97. The van der Waals surface area contributed by atoms with Gasteiger partial charge in [-0.05, 0) is 37.8 Å². The number of hydrogen-bond acceptors (Lipinski definition) is 4. The van der Waals surface area contributed by atoms with Crippen molar-refractivity contribution in [2.45, 2.75) is 25.8 Å². The van der Waals surface area contributed by atoms with Gasteiger partial charge in [0.1, 0.15) is 0 Å². The average molecular weight is 235 g/mol. The van der Waals surface area contributed by atoms with E-state index < -0.39 is 0 Å². The van der Waals surface area contributed by atoms with Crippen LogP contribution in [0.4, 0.5) is 5.69 Å². The normalized spacial score (nSPS) is 22.5. The monoisotopic (exact) mass is 235 g/mol. The molecule has 1 aliphatic rings. The van der Waals surface area contributed by atoms with E-state index in [9.17, 15) is 5.11 Å². The molecule has 0 spiro atoms. The number of pyridine rings is 1. The topological polar surface area (TPSA) is 62.4 Å². The number of aromatic nitrogens is 1. The number of anilines is 1. The van der Waals surface area contributed by atoms with E-state index in [1.807, 2.05) is 19.2 Å². The summed E-state index contributed by atoms with van der Waals surface area (Å²) in [5, 5.41) is 9.21. The van der Waals surface area contributed by atoms with Gasteiger partial charge in [-0.2, -0.15) is 0 Å². The third kappa shape index (κ3) is 2.96. The molecule has 0 aromatic carbocycles. The van der Waals surface area contributed by atoms with Gasteiger partial charge in [0, 0.05) is 25.7 Å². The number of piperidine rings is 1. The SMILES string of the molecule is CC(N)c1ccc(N2CCCC(CO)C2)cn1. The predicted molar refractivity (Wildman–Crippen MR) is 68.9 cm³/mol. The molecule has 0 radical (unpaired) electrons. The lowest BCUT2D eigenvalue weighted by atomic mass is 9.99. The Morgan fingerprint density at radius 3 is 3.00 bits per heavy atom. The number of hydrogen-bond donors (Lipinski definition) is 2. The first kappa shape index (κ1) is 12.3. The first-order chi connectivity index (χ1) is 8.20. The minimum absolute atomic E-state index is 0.0180. The van der Waals surface area contributed by atoms with Crippen LogP contribution in [0.15, 0.2) is 18.3 Å². The fraction of sp³-hybridized carbons (Fsp3) is 0.615. The van der Waals surface area contributed by atoms with Crippen molar-refractivity contribution in [2.75, 3.05) is 24.6 Å². The van der Waals surface area contributed by atoms with E-state index in [0.717, 1.165) is 37.3 Å². The van der Waals surface area contributed by atoms with E-state index in [2.05, 4.69) is 16.0 Å². The smallest absolute Gasteiger partial charge is 0.0569 e. The zero-order chi connectivity index (χ0) is 12.3. The van der Waals surface area contributed by atoms with E-state index in [1.165, 1.54) is 0 Å². The summed E-state index contributed by atoms with van der Waals surface area (Å²) in [6, 6.07) is 4.05. The lowest BCUT2D eigenvalue weighted by Gasteiger charge is -2.33. The van der Waals surface area contributed by atoms with E-state index in [0.29, 0.717) is 5.92 Å². The maximum absolute atomic E-state index is 9.21. The molecule has 17 heavy (non-hydrogen) atoms. The van der Waals surface area contributed by atoms with Crippen molar-refractivity contribution in [3.8, 4) is 0 Å². The van der Waals surface area contributed by atoms with Crippen molar-refractivity contribution in [3.63, 3.8) is 0 Å². The van der Waals surface area contributed by atoms with E-state index in [1.54, 1.807) is 0 Å². The largest absolute Gasteiger partial charge is 0.396 e. The fourth-order valence-electron chi connectivity index (χ4n) is 2.30. The molecule has 1 aromatic rings. The van der Waals surface area contributed by atoms with Gasteiger partial charge in [0.2, 0.25) is 0 Å². The Labute approximate surface area is 102 Å². The molecule has 3 N–H and O–H groups in total. The van der Waals surface area contributed by atoms with Crippen molar-refractivity contribution in [1.82, 2.24) is 4.98 Å². The van der Waals surface area contributed by atoms with Crippen LogP contribution >= 0.6 is 0 Å². The second-order valence-electron chi connectivity index (χ2n) is 4.87. The molecule has 1 aliphatic heterocycles. The van der Waals surface area contributed by atoms with Gasteiger partial charge in [-0.25, -0.2) is 0 Å². The highest BCUT2D eigenvalue weighted by molar-refractivity contribution is 5.45. The molecule has 1 fully saturated rings. The zero-order valence-electron chi connectivity index (χ0n) is 10.3. The van der Waals surface area contributed by atoms with Crippen LogP contribution in [-0.2, 0) is 0 Å². The average Bonchev–Trinajstić information content (AvgIpc) is 2.39. The number of aliphatic hydroxyl groups is 1. The molecule has 4 heteroatoms. The highest BCUT2D eigenvalue weighted by Crippen LogP contribution is 2.22. The minimum Gasteiger partial charge on any atom is -0.396 e. The van der Waals surface area contributed by atoms with Gasteiger partial charge < -0.3 is 15.7 Å². The van der Waals surface area contributed by atoms with E-state index in [-0.39, 0.29) is 12.6 Å². The molecule has 0 aliphatic carbocycles. The maximum atomic E-state index is 9.21. The van der Waals surface area contributed by atoms with Crippen LogP contribution in [0.25, 0.3) is 0 Å². The first-order valence-corrected chi connectivity index (χ1v) is 6.28. The lowest BCUT2D eigenvalue weighted by Crippen LogP contribution is -2.36. The summed E-state index contributed by atoms with van der Waals surface area (Å²) >= 11 is 0. The second-order valence-corrected chi connectivity index (χ2v) is 4.87. The van der Waals surface area contributed by atoms with Gasteiger partial charge in [-0.3, -0.25) is 4.98 Å². The van der Waals surface area contributed by atoms with Gasteiger partial charge in [0.05, 0.1) is 17.6 Å². The van der Waals surface area contributed by atoms with Crippen molar-refractivity contribution in [3.05, 3.63) is 24.0 Å². The zero-order valence-corrected chi connectivity index (χ0v) is 10.3. The number of aliphatic hydroxyl groups excluding tert-OH is 1. The molecule has 2 atom stereocenters. The van der Waals surface area contributed by atoms with Crippen molar-refractivity contribution in [2.24, 2.45) is 11.7 Å². The fourth-order valence-corrected chi connectivity index (χ4v) is 2.30. The second kappa shape index (κ2) is 5.47. The number of nitrogens with zero attached hydrogens (tertiary/aromatic N) is 2. The van der Waals surface area contributed by atoms with Crippen molar-refractivity contribution < 1.29 is 5.11 Å². The van der Waals surface area contributed by atoms with Gasteiger partial charge in [-0.1, -0.05) is 0 Å². The van der Waals surface area contributed by atoms with Crippen molar-refractivity contribution in [1.29, 1.82) is 0 Å². The predicted octanol–water partition coefficient (Wildman–Crippen LogP) is 1.31. The molecule has 4 nitrogen and oxygen atoms in total. The minimum atomic E-state index is -0.0180. The molecular formula is C13H21N3O. The van der Waals surface area contributed by atoms with Gasteiger partial charge >= 0.3 is 0 Å². The van der Waals surface area contributed by atoms with E-state index in [4.69, 9.17) is 5.73 Å². The van der Waals surface area contributed by atoms with Gasteiger partial charge in [0.25, 0.3) is 0 Å². The third-order valence-corrected chi connectivity index (χ3v) is 3.38. The van der Waals surface area contributed by atoms with Crippen molar-refractivity contribution >= 4 is 5.69 Å². The quantitative estimate of drug-likeness (QED) is 0.829. The molecule has 0 saturated carbocycles. The summed E-state index contributed by atoms with van der Waals surface area (Å²) in [5.41, 5.74) is 7.83. The Bertz CT molecular complexity index is 350. The highest BCUT2D eigenvalue weighted by Gasteiger charge is 2.19. The molecule has 2 heterocycles. The van der Waals surface area contributed by atoms with Gasteiger partial charge in [-0.15, -0.1) is 0 Å². The van der Waals surface area contributed by atoms with Crippen LogP contribution < -0.4 is 10.6 Å². The molecular weight excluding hydrogens is 214 g/mol. The number of rotatable bonds is 3. The maximum Gasteiger partial charge on any atom is 0.0569 e. The van der Waals surface area contributed by atoms with Crippen LogP contribution in [0.5, 0.6) is 0 Å². The van der Waals surface area contributed by atoms with Crippen LogP contribution in [0.2, 0.25) is 0 Å². The Morgan fingerprint density at radius 1 is 1.59 bits per heavy atom. The molecule has 0 amide bonds. The molecule has 94 valence electrons. The van der Waals surface area contributed by atoms with Crippen LogP contribution in [0, 0.1) is 5.92 Å². The van der Waals surface area contributed by atoms with Crippen LogP contribution in [0.3, 0.4) is 0 Å². The Hall–Kier alpha value is -1.13. The summed E-state index contributed by atoms with van der Waals surface area (Å²) in [6.45, 7) is 4.19. The Morgan fingerprint density at radius 2 is 2.41 bits per heavy atom. The van der Waals surface area contributed by atoms with E-state index >= 15 is 0 Å². The summed E-state index contributed by atoms with van der Waals surface area (Å²) < 4.78 is 0. The molecule has 0 bridgehead atoms. The Balaban J connectivity index is 2.06. The molecule has 2 rings (SSSR count). The highest BCUT2D eigenvalue weighted by atomic mass is 16.3. The molecule has 2 unspecified atom stereocenters. The molecule has 1 aromatic heterocycles. The summed E-state index contributed by atoms with van der Waals surface area (Å²) in [7, 11) is 0. The lowest BCUT2D eigenvalue weighted by molar-refractivity contribution is 0.208.